The monoisotopic (exact) mass is 235 g/mol. The van der Waals surface area contributed by atoms with Crippen molar-refractivity contribution in [3.05, 3.63) is 29.6 Å². The highest BCUT2D eigenvalue weighted by Crippen LogP contribution is 2.35. The highest BCUT2D eigenvalue weighted by atomic mass is 19.1. The minimum atomic E-state index is -0.290. The summed E-state index contributed by atoms with van der Waals surface area (Å²) in [5, 5.41) is 0. The number of halogens is 1. The molecule has 0 aliphatic carbocycles. The normalized spacial score (nSPS) is 24.1. The van der Waals surface area contributed by atoms with Gasteiger partial charge in [0, 0.05) is 17.6 Å². The molecule has 0 amide bonds. The number of carbonyl (C=O) groups is 1. The Balaban J connectivity index is 2.48. The van der Waals surface area contributed by atoms with Gasteiger partial charge in [-0.3, -0.25) is 4.79 Å². The molecule has 0 radical (unpaired) electrons. The van der Waals surface area contributed by atoms with Crippen LogP contribution >= 0.6 is 0 Å². The summed E-state index contributed by atoms with van der Waals surface area (Å²) < 4.78 is 14.0. The molecule has 1 aliphatic rings. The Morgan fingerprint density at radius 1 is 1.47 bits per heavy atom. The van der Waals surface area contributed by atoms with Crippen molar-refractivity contribution in [2.45, 2.75) is 45.2 Å². The van der Waals surface area contributed by atoms with Crippen LogP contribution in [0.15, 0.2) is 18.2 Å². The van der Waals surface area contributed by atoms with Gasteiger partial charge in [-0.25, -0.2) is 4.39 Å². The first-order chi connectivity index (χ1) is 8.19. The maximum Gasteiger partial charge on any atom is 0.152 e. The molecule has 0 N–H and O–H groups in total. The molecule has 1 fully saturated rings. The number of para-hydroxylation sites is 1. The van der Waals surface area contributed by atoms with E-state index in [2.05, 4.69) is 18.7 Å². The fourth-order valence-electron chi connectivity index (χ4n) is 2.77. The second-order valence-corrected chi connectivity index (χ2v) is 4.69. The molecule has 1 aliphatic heterocycles. The van der Waals surface area contributed by atoms with E-state index in [1.807, 2.05) is 0 Å². The maximum absolute atomic E-state index is 14.0. The lowest BCUT2D eigenvalue weighted by Gasteiger charge is -2.31. The number of hydrogen-bond acceptors (Lipinski definition) is 2. The van der Waals surface area contributed by atoms with Gasteiger partial charge in [-0.05, 0) is 38.3 Å². The molecule has 0 bridgehead atoms. The van der Waals surface area contributed by atoms with E-state index in [1.54, 1.807) is 12.1 Å². The van der Waals surface area contributed by atoms with Gasteiger partial charge in [0.05, 0.1) is 5.69 Å². The van der Waals surface area contributed by atoms with Crippen molar-refractivity contribution in [2.24, 2.45) is 0 Å². The lowest BCUT2D eigenvalue weighted by Crippen LogP contribution is -2.35. The molecule has 0 aromatic heterocycles. The SMILES string of the molecule is CCC1CCC(C)N1c1c(F)cccc1C=O. The van der Waals surface area contributed by atoms with Gasteiger partial charge in [0.15, 0.2) is 6.29 Å². The van der Waals surface area contributed by atoms with Gasteiger partial charge < -0.3 is 4.90 Å². The Hall–Kier alpha value is -1.38. The molecule has 3 heteroatoms. The van der Waals surface area contributed by atoms with Gasteiger partial charge in [0.2, 0.25) is 0 Å². The first-order valence-electron chi connectivity index (χ1n) is 6.21. The first-order valence-corrected chi connectivity index (χ1v) is 6.21. The Morgan fingerprint density at radius 2 is 2.24 bits per heavy atom. The van der Waals surface area contributed by atoms with Crippen LogP contribution in [-0.2, 0) is 0 Å². The van der Waals surface area contributed by atoms with E-state index in [0.717, 1.165) is 25.5 Å². The molecule has 2 unspecified atom stereocenters. The molecule has 0 saturated carbocycles. The van der Waals surface area contributed by atoms with E-state index in [9.17, 15) is 9.18 Å². The molecular weight excluding hydrogens is 217 g/mol. The summed E-state index contributed by atoms with van der Waals surface area (Å²) in [5.41, 5.74) is 0.941. The van der Waals surface area contributed by atoms with E-state index >= 15 is 0 Å². The summed E-state index contributed by atoms with van der Waals surface area (Å²) in [4.78, 5) is 13.1. The minimum absolute atomic E-state index is 0.290. The average Bonchev–Trinajstić information content (AvgIpc) is 2.70. The van der Waals surface area contributed by atoms with Crippen molar-refractivity contribution in [3.63, 3.8) is 0 Å². The van der Waals surface area contributed by atoms with Gasteiger partial charge in [-0.15, -0.1) is 0 Å². The van der Waals surface area contributed by atoms with Crippen molar-refractivity contribution in [1.82, 2.24) is 0 Å². The number of rotatable bonds is 3. The molecule has 2 atom stereocenters. The third-order valence-electron chi connectivity index (χ3n) is 3.66. The number of benzene rings is 1. The highest BCUT2D eigenvalue weighted by molar-refractivity contribution is 5.85. The van der Waals surface area contributed by atoms with E-state index in [-0.39, 0.29) is 5.82 Å². The van der Waals surface area contributed by atoms with Crippen molar-refractivity contribution < 1.29 is 9.18 Å². The third kappa shape index (κ3) is 2.06. The summed E-state index contributed by atoms with van der Waals surface area (Å²) in [5.74, 6) is -0.290. The second kappa shape index (κ2) is 4.86. The Morgan fingerprint density at radius 3 is 2.88 bits per heavy atom. The van der Waals surface area contributed by atoms with Crippen LogP contribution < -0.4 is 4.90 Å². The van der Waals surface area contributed by atoms with Crippen LogP contribution in [-0.4, -0.2) is 18.4 Å². The largest absolute Gasteiger partial charge is 0.363 e. The van der Waals surface area contributed by atoms with Gasteiger partial charge in [-0.1, -0.05) is 13.0 Å². The molecule has 1 heterocycles. The van der Waals surface area contributed by atoms with Crippen LogP contribution in [0, 0.1) is 5.82 Å². The Kier molecular flexibility index (Phi) is 3.46. The maximum atomic E-state index is 14.0. The second-order valence-electron chi connectivity index (χ2n) is 4.69. The van der Waals surface area contributed by atoms with Gasteiger partial charge in [0.1, 0.15) is 5.82 Å². The molecule has 1 aromatic rings. The topological polar surface area (TPSA) is 20.3 Å². The first kappa shape index (κ1) is 12.1. The van der Waals surface area contributed by atoms with Crippen LogP contribution in [0.1, 0.15) is 43.5 Å². The standard InChI is InChI=1S/C14H18FNO/c1-3-12-8-7-10(2)16(12)14-11(9-17)5-4-6-13(14)15/h4-6,9-10,12H,3,7-8H2,1-2H3. The van der Waals surface area contributed by atoms with Crippen LogP contribution in [0.3, 0.4) is 0 Å². The molecule has 0 spiro atoms. The fourth-order valence-corrected chi connectivity index (χ4v) is 2.77. The predicted molar refractivity (Wildman–Crippen MR) is 67.0 cm³/mol. The summed E-state index contributed by atoms with van der Waals surface area (Å²) >= 11 is 0. The molecule has 92 valence electrons. The smallest absolute Gasteiger partial charge is 0.152 e. The van der Waals surface area contributed by atoms with Crippen LogP contribution in [0.4, 0.5) is 10.1 Å². The van der Waals surface area contributed by atoms with Crippen LogP contribution in [0.2, 0.25) is 0 Å². The van der Waals surface area contributed by atoms with Gasteiger partial charge >= 0.3 is 0 Å². The number of hydrogen-bond donors (Lipinski definition) is 0. The summed E-state index contributed by atoms with van der Waals surface area (Å²) in [6.07, 6.45) is 3.86. The number of carbonyl (C=O) groups excluding carboxylic acids is 1. The van der Waals surface area contributed by atoms with Crippen LogP contribution in [0.5, 0.6) is 0 Å². The average molecular weight is 235 g/mol. The minimum Gasteiger partial charge on any atom is -0.363 e. The molecule has 1 aromatic carbocycles. The zero-order chi connectivity index (χ0) is 12.4. The third-order valence-corrected chi connectivity index (χ3v) is 3.66. The summed E-state index contributed by atoms with van der Waals surface area (Å²) in [6.45, 7) is 4.20. The van der Waals surface area contributed by atoms with Crippen molar-refractivity contribution in [1.29, 1.82) is 0 Å². The number of aldehydes is 1. The van der Waals surface area contributed by atoms with Crippen molar-refractivity contribution in [3.8, 4) is 0 Å². The lowest BCUT2D eigenvalue weighted by atomic mass is 10.1. The van der Waals surface area contributed by atoms with E-state index in [0.29, 0.717) is 23.3 Å². The summed E-state index contributed by atoms with van der Waals surface area (Å²) in [7, 11) is 0. The number of anilines is 1. The van der Waals surface area contributed by atoms with E-state index in [1.165, 1.54) is 6.07 Å². The zero-order valence-corrected chi connectivity index (χ0v) is 10.3. The predicted octanol–water partition coefficient (Wildman–Crippen LogP) is 3.41. The molecule has 2 nitrogen and oxygen atoms in total. The lowest BCUT2D eigenvalue weighted by molar-refractivity contribution is 0.112. The van der Waals surface area contributed by atoms with Gasteiger partial charge in [-0.2, -0.15) is 0 Å². The molecule has 17 heavy (non-hydrogen) atoms. The van der Waals surface area contributed by atoms with E-state index in [4.69, 9.17) is 0 Å². The summed E-state index contributed by atoms with van der Waals surface area (Å²) in [6, 6.07) is 5.35. The Bertz CT molecular complexity index is 419. The molecule has 1 saturated heterocycles. The van der Waals surface area contributed by atoms with Crippen LogP contribution in [0.25, 0.3) is 0 Å². The van der Waals surface area contributed by atoms with Gasteiger partial charge in [0.25, 0.3) is 0 Å². The number of nitrogens with zero attached hydrogens (tertiary/aromatic N) is 1. The zero-order valence-electron chi connectivity index (χ0n) is 10.3. The van der Waals surface area contributed by atoms with Crippen molar-refractivity contribution in [2.75, 3.05) is 4.90 Å². The van der Waals surface area contributed by atoms with E-state index < -0.39 is 0 Å². The van der Waals surface area contributed by atoms with Crippen molar-refractivity contribution >= 4 is 12.0 Å². The quantitative estimate of drug-likeness (QED) is 0.748. The Labute approximate surface area is 101 Å². The molecular formula is C14H18FNO. The fraction of sp³-hybridized carbons (Fsp3) is 0.500. The highest BCUT2D eigenvalue weighted by Gasteiger charge is 2.32. The molecule has 2 rings (SSSR count).